The van der Waals surface area contributed by atoms with Gasteiger partial charge in [0.15, 0.2) is 0 Å². The Balaban J connectivity index is 0. The van der Waals surface area contributed by atoms with Gasteiger partial charge in [0.25, 0.3) is 9.05 Å². The fourth-order valence-electron chi connectivity index (χ4n) is 0.823. The van der Waals surface area contributed by atoms with E-state index >= 15 is 0 Å². The van der Waals surface area contributed by atoms with Gasteiger partial charge in [-0.3, -0.25) is 9.11 Å². The molecular formula is C9H15NaO5S2. The van der Waals surface area contributed by atoms with Crippen molar-refractivity contribution in [3.05, 3.63) is 31.1 Å². The molecule has 0 unspecified atom stereocenters. The molecule has 0 spiro atoms. The summed E-state index contributed by atoms with van der Waals surface area (Å²) in [5.41, 5.74) is 0. The van der Waals surface area contributed by atoms with E-state index in [0.29, 0.717) is 0 Å². The predicted molar refractivity (Wildman–Crippen MR) is 64.0 cm³/mol. The van der Waals surface area contributed by atoms with E-state index in [2.05, 4.69) is 18.1 Å². The predicted octanol–water partition coefficient (Wildman–Crippen LogP) is -1.06. The van der Waals surface area contributed by atoms with Crippen LogP contribution in [0.4, 0.5) is 0 Å². The van der Waals surface area contributed by atoms with Crippen molar-refractivity contribution < 1.29 is 52.0 Å². The summed E-state index contributed by atoms with van der Waals surface area (Å²) in [6.45, 7) is 5.51. The first-order valence-electron chi connectivity index (χ1n) is 4.52. The molecule has 0 aliphatic carbocycles. The molecular weight excluding hydrogens is 275 g/mol. The second-order valence-corrected chi connectivity index (χ2v) is 5.05. The molecule has 0 bridgehead atoms. The molecule has 5 nitrogen and oxygen atoms in total. The van der Waals surface area contributed by atoms with Gasteiger partial charge in [0.05, 0.1) is 6.26 Å². The van der Waals surface area contributed by atoms with E-state index in [1.54, 1.807) is 12.3 Å². The molecule has 17 heavy (non-hydrogen) atoms. The monoisotopic (exact) mass is 290 g/mol. The van der Waals surface area contributed by atoms with Gasteiger partial charge in [0.1, 0.15) is 0 Å². The molecule has 0 amide bonds. The van der Waals surface area contributed by atoms with Gasteiger partial charge in [0.2, 0.25) is 0 Å². The first-order valence-corrected chi connectivity index (χ1v) is 6.92. The summed E-state index contributed by atoms with van der Waals surface area (Å²) in [7, 11) is -3.83. The maximum atomic E-state index is 9.11. The molecule has 0 saturated carbocycles. The normalized spacial score (nSPS) is 13.5. The van der Waals surface area contributed by atoms with E-state index in [9.17, 15) is 0 Å². The van der Waals surface area contributed by atoms with Crippen LogP contribution in [0.5, 0.6) is 0 Å². The van der Waals surface area contributed by atoms with Crippen LogP contribution in [-0.4, -0.2) is 26.5 Å². The van der Waals surface area contributed by atoms with Gasteiger partial charge in [-0.1, -0.05) is 0 Å². The summed E-state index contributed by atoms with van der Waals surface area (Å²) < 4.78 is 33.6. The van der Waals surface area contributed by atoms with Gasteiger partial charge in [-0.25, -0.2) is 6.92 Å². The third-order valence-electron chi connectivity index (χ3n) is 1.41. The Morgan fingerprint density at radius 2 is 1.82 bits per heavy atom. The van der Waals surface area contributed by atoms with E-state index in [-0.39, 0.29) is 29.6 Å². The zero-order valence-corrected chi connectivity index (χ0v) is 13.3. The van der Waals surface area contributed by atoms with Gasteiger partial charge >= 0.3 is 29.6 Å². The van der Waals surface area contributed by atoms with Crippen LogP contribution in [-0.2, 0) is 25.0 Å². The molecule has 8 heteroatoms. The molecule has 1 saturated heterocycles. The summed E-state index contributed by atoms with van der Waals surface area (Å²) in [6, 6.07) is 3.61. The van der Waals surface area contributed by atoms with Crippen LogP contribution in [0.1, 0.15) is 18.6 Å². The van der Waals surface area contributed by atoms with Crippen molar-refractivity contribution in [3.8, 4) is 0 Å². The van der Waals surface area contributed by atoms with Crippen molar-refractivity contribution in [3.63, 3.8) is 0 Å². The van der Waals surface area contributed by atoms with Crippen molar-refractivity contribution in [1.82, 2.24) is 0 Å². The number of ether oxygens (including phenoxy) is 1. The Kier molecular flexibility index (Phi) is 13.3. The summed E-state index contributed by atoms with van der Waals surface area (Å²) in [6.07, 6.45) is 4.16. The number of furan rings is 1. The fourth-order valence-corrected chi connectivity index (χ4v) is 0.823. The van der Waals surface area contributed by atoms with Crippen LogP contribution in [0, 0.1) is 6.92 Å². The average Bonchev–Trinajstić information content (AvgIpc) is 2.72. The molecule has 2 rings (SSSR count). The van der Waals surface area contributed by atoms with E-state index in [0.717, 1.165) is 19.0 Å². The van der Waals surface area contributed by atoms with Gasteiger partial charge in [-0.05, 0) is 18.6 Å². The van der Waals surface area contributed by atoms with Crippen LogP contribution >= 0.6 is 0 Å². The first kappa shape index (κ1) is 19.7. The largest absolute Gasteiger partial charge is 1.00 e. The Hall–Kier alpha value is 0.400. The van der Waals surface area contributed by atoms with Gasteiger partial charge in [0, 0.05) is 24.4 Å². The molecule has 94 valence electrons. The minimum Gasteiger partial charge on any atom is -0.504 e. The maximum Gasteiger partial charge on any atom is 1.00 e. The Labute approximate surface area is 129 Å². The molecule has 1 aliphatic rings. The van der Waals surface area contributed by atoms with Crippen LogP contribution < -0.4 is 29.6 Å². The zero-order chi connectivity index (χ0) is 12.4. The van der Waals surface area contributed by atoms with Crippen LogP contribution in [0.15, 0.2) is 22.8 Å². The summed E-state index contributed by atoms with van der Waals surface area (Å²) >= 11 is 3.47. The third-order valence-corrected chi connectivity index (χ3v) is 1.41. The second kappa shape index (κ2) is 11.5. The molecule has 1 aliphatic heterocycles. The first-order chi connectivity index (χ1) is 7.39. The second-order valence-electron chi connectivity index (χ2n) is 2.85. The number of hydrogen-bond acceptors (Lipinski definition) is 4. The maximum absolute atomic E-state index is 9.11. The summed E-state index contributed by atoms with van der Waals surface area (Å²) in [5, 5.41) is 0. The zero-order valence-electron chi connectivity index (χ0n) is 9.70. The van der Waals surface area contributed by atoms with Crippen molar-refractivity contribution in [2.24, 2.45) is 0 Å². The number of rotatable bonds is 0. The Bertz CT molecular complexity index is 330. The average molecular weight is 290 g/mol. The molecule has 1 fully saturated rings. The standard InChI is InChI=1S/C5H5O.C4H8O.Na.H2O3S2/c1-5-3-2-4-6-5;1-2-4-5-3-1;;1-5(2,3)4/h2-4H,1H2;1-4H2;;(H2,1,2,3,4)/q-1;;+1;. The molecule has 2 heterocycles. The van der Waals surface area contributed by atoms with Crippen LogP contribution in [0.3, 0.4) is 0 Å². The topological polar surface area (TPSA) is 79.9 Å². The van der Waals surface area contributed by atoms with E-state index < -0.39 is 9.05 Å². The molecule has 1 aromatic rings. The molecule has 0 radical (unpaired) electrons. The Morgan fingerprint density at radius 1 is 1.35 bits per heavy atom. The summed E-state index contributed by atoms with van der Waals surface area (Å²) in [5.74, 6) is 0.718. The van der Waals surface area contributed by atoms with E-state index in [4.69, 9.17) is 22.5 Å². The van der Waals surface area contributed by atoms with Crippen molar-refractivity contribution in [1.29, 1.82) is 0 Å². The Morgan fingerprint density at radius 3 is 1.94 bits per heavy atom. The summed E-state index contributed by atoms with van der Waals surface area (Å²) in [4.78, 5) is 0. The van der Waals surface area contributed by atoms with Gasteiger partial charge in [-0.2, -0.15) is 10.3 Å². The minimum absolute atomic E-state index is 0. The quantitative estimate of drug-likeness (QED) is 0.468. The molecule has 0 atom stereocenters. The number of hydrogen-bond donors (Lipinski definition) is 2. The SMILES string of the molecule is C1CCOC1.O=S(O)(O)=S.[CH2-]c1ccco1.[Na+]. The van der Waals surface area contributed by atoms with Crippen LogP contribution in [0.2, 0.25) is 0 Å². The van der Waals surface area contributed by atoms with E-state index in [1.165, 1.54) is 12.8 Å². The van der Waals surface area contributed by atoms with Crippen molar-refractivity contribution in [2.75, 3.05) is 13.2 Å². The molecule has 2 N–H and O–H groups in total. The van der Waals surface area contributed by atoms with Crippen LogP contribution in [0.25, 0.3) is 0 Å². The van der Waals surface area contributed by atoms with E-state index in [1.807, 2.05) is 6.07 Å². The van der Waals surface area contributed by atoms with Gasteiger partial charge in [-0.15, -0.1) is 6.07 Å². The van der Waals surface area contributed by atoms with Crippen molar-refractivity contribution in [2.45, 2.75) is 12.8 Å². The third kappa shape index (κ3) is 22.1. The van der Waals surface area contributed by atoms with Gasteiger partial charge < -0.3 is 9.15 Å². The smallest absolute Gasteiger partial charge is 0.504 e. The minimum atomic E-state index is -3.83. The fraction of sp³-hybridized carbons (Fsp3) is 0.444. The molecule has 1 aromatic heterocycles. The van der Waals surface area contributed by atoms with Crippen molar-refractivity contribution >= 4 is 20.2 Å². The molecule has 0 aromatic carbocycles.